The van der Waals surface area contributed by atoms with Gasteiger partial charge in [0.25, 0.3) is 0 Å². The highest BCUT2D eigenvalue weighted by Gasteiger charge is 2.30. The molecule has 0 saturated carbocycles. The summed E-state index contributed by atoms with van der Waals surface area (Å²) in [4.78, 5) is 0.159. The smallest absolute Gasteiger partial charge is 0.446 e. The standard InChI is InChI=1S/C13H13F3N2OS2/c1-2-9-4-3-5-11(21-13(14,15)16)10(9)8-19-12-6-7-18(20)17-12/h3-7,20H,2,8H2,1H3. The zero-order chi connectivity index (χ0) is 15.5. The number of thioether (sulfide) groups is 1. The highest BCUT2D eigenvalue weighted by Crippen LogP contribution is 2.39. The Labute approximate surface area is 130 Å². The summed E-state index contributed by atoms with van der Waals surface area (Å²) in [6.07, 6.45) is 2.21. The zero-order valence-electron chi connectivity index (χ0n) is 11.1. The number of halogens is 3. The van der Waals surface area contributed by atoms with Crippen LogP contribution in [0.3, 0.4) is 0 Å². The first-order chi connectivity index (χ1) is 9.89. The monoisotopic (exact) mass is 334 g/mol. The molecule has 1 heterocycles. The van der Waals surface area contributed by atoms with Crippen LogP contribution < -0.4 is 4.74 Å². The summed E-state index contributed by atoms with van der Waals surface area (Å²) in [5.41, 5.74) is -2.96. The maximum absolute atomic E-state index is 12.6. The van der Waals surface area contributed by atoms with Gasteiger partial charge < -0.3 is 4.74 Å². The van der Waals surface area contributed by atoms with E-state index in [-0.39, 0.29) is 23.3 Å². The van der Waals surface area contributed by atoms with Gasteiger partial charge in [0, 0.05) is 22.7 Å². The number of ether oxygens (including phenoxy) is 1. The molecule has 0 saturated heterocycles. The lowest BCUT2D eigenvalue weighted by Gasteiger charge is -2.14. The second kappa shape index (κ2) is 6.65. The summed E-state index contributed by atoms with van der Waals surface area (Å²) in [7, 11) is 0. The van der Waals surface area contributed by atoms with Crippen molar-refractivity contribution in [2.75, 3.05) is 0 Å². The van der Waals surface area contributed by atoms with Crippen LogP contribution >= 0.6 is 24.6 Å². The van der Waals surface area contributed by atoms with Gasteiger partial charge in [-0.3, -0.25) is 0 Å². The highest BCUT2D eigenvalue weighted by molar-refractivity contribution is 8.00. The van der Waals surface area contributed by atoms with Gasteiger partial charge in [0.1, 0.15) is 6.61 Å². The Balaban J connectivity index is 2.22. The van der Waals surface area contributed by atoms with E-state index in [1.807, 2.05) is 6.92 Å². The fraction of sp³-hybridized carbons (Fsp3) is 0.308. The van der Waals surface area contributed by atoms with Gasteiger partial charge in [0.2, 0.25) is 5.88 Å². The van der Waals surface area contributed by atoms with Crippen LogP contribution in [0.5, 0.6) is 5.88 Å². The van der Waals surface area contributed by atoms with Gasteiger partial charge in [0.05, 0.1) is 0 Å². The molecule has 0 bridgehead atoms. The molecule has 2 rings (SSSR count). The zero-order valence-corrected chi connectivity index (χ0v) is 12.8. The van der Waals surface area contributed by atoms with E-state index in [1.54, 1.807) is 24.4 Å². The summed E-state index contributed by atoms with van der Waals surface area (Å²) < 4.78 is 44.6. The van der Waals surface area contributed by atoms with Crippen LogP contribution in [0.15, 0.2) is 35.4 Å². The van der Waals surface area contributed by atoms with E-state index in [0.29, 0.717) is 17.9 Å². The Bertz CT molecular complexity index is 614. The lowest BCUT2D eigenvalue weighted by atomic mass is 10.1. The number of rotatable bonds is 5. The van der Waals surface area contributed by atoms with E-state index < -0.39 is 5.51 Å². The molecule has 1 aromatic carbocycles. The summed E-state index contributed by atoms with van der Waals surface area (Å²) in [5.74, 6) is 0.318. The third-order valence-corrected chi connectivity index (χ3v) is 3.81. The second-order valence-electron chi connectivity index (χ2n) is 4.16. The Morgan fingerprint density at radius 3 is 2.67 bits per heavy atom. The van der Waals surface area contributed by atoms with E-state index in [0.717, 1.165) is 5.56 Å². The summed E-state index contributed by atoms with van der Waals surface area (Å²) >= 11 is 3.85. The van der Waals surface area contributed by atoms with Gasteiger partial charge in [-0.2, -0.15) is 13.2 Å². The molecule has 114 valence electrons. The SMILES string of the molecule is CCc1cccc(SC(F)(F)F)c1COc1ccn(S)n1. The molecule has 21 heavy (non-hydrogen) atoms. The van der Waals surface area contributed by atoms with Crippen LogP contribution in [0.25, 0.3) is 0 Å². The molecule has 2 aromatic rings. The van der Waals surface area contributed by atoms with Crippen molar-refractivity contribution < 1.29 is 17.9 Å². The van der Waals surface area contributed by atoms with Gasteiger partial charge in [-0.05, 0) is 42.6 Å². The highest BCUT2D eigenvalue weighted by atomic mass is 32.2. The van der Waals surface area contributed by atoms with E-state index in [1.165, 1.54) is 10.2 Å². The molecule has 0 amide bonds. The molecule has 0 aliphatic rings. The van der Waals surface area contributed by atoms with E-state index >= 15 is 0 Å². The van der Waals surface area contributed by atoms with Crippen molar-refractivity contribution in [3.8, 4) is 5.88 Å². The molecule has 1 aromatic heterocycles. The Hall–Kier alpha value is -1.28. The maximum atomic E-state index is 12.6. The van der Waals surface area contributed by atoms with Crippen LogP contribution in [0.4, 0.5) is 13.2 Å². The molecule has 0 aliphatic heterocycles. The number of alkyl halides is 3. The number of thiol groups is 1. The topological polar surface area (TPSA) is 27.1 Å². The summed E-state index contributed by atoms with van der Waals surface area (Å²) in [6.45, 7) is 1.93. The van der Waals surface area contributed by atoms with Crippen LogP contribution in [0.2, 0.25) is 0 Å². The van der Waals surface area contributed by atoms with E-state index in [2.05, 4.69) is 17.9 Å². The van der Waals surface area contributed by atoms with Crippen LogP contribution in [-0.4, -0.2) is 14.7 Å². The van der Waals surface area contributed by atoms with Crippen molar-refractivity contribution in [3.63, 3.8) is 0 Å². The molecular formula is C13H13F3N2OS2. The second-order valence-corrected chi connectivity index (χ2v) is 5.67. The first-order valence-electron chi connectivity index (χ1n) is 6.13. The number of benzene rings is 1. The Morgan fingerprint density at radius 2 is 2.10 bits per heavy atom. The van der Waals surface area contributed by atoms with Crippen LogP contribution in [0.1, 0.15) is 18.1 Å². The van der Waals surface area contributed by atoms with Crippen LogP contribution in [-0.2, 0) is 13.0 Å². The number of hydrogen-bond acceptors (Lipinski definition) is 4. The van der Waals surface area contributed by atoms with Gasteiger partial charge in [0.15, 0.2) is 0 Å². The predicted molar refractivity (Wildman–Crippen MR) is 78.7 cm³/mol. The third-order valence-electron chi connectivity index (χ3n) is 2.75. The first kappa shape index (κ1) is 16.1. The van der Waals surface area contributed by atoms with Gasteiger partial charge >= 0.3 is 5.51 Å². The van der Waals surface area contributed by atoms with Gasteiger partial charge in [-0.25, -0.2) is 4.09 Å². The van der Waals surface area contributed by atoms with E-state index in [9.17, 15) is 13.2 Å². The average molecular weight is 334 g/mol. The summed E-state index contributed by atoms with van der Waals surface area (Å²) in [5, 5.41) is 3.92. The van der Waals surface area contributed by atoms with Crippen molar-refractivity contribution in [1.82, 2.24) is 9.19 Å². The van der Waals surface area contributed by atoms with Crippen molar-refractivity contribution in [1.29, 1.82) is 0 Å². The molecule has 0 atom stereocenters. The fourth-order valence-electron chi connectivity index (χ4n) is 1.85. The van der Waals surface area contributed by atoms with Crippen LogP contribution in [0, 0.1) is 0 Å². The lowest BCUT2D eigenvalue weighted by molar-refractivity contribution is -0.0328. The van der Waals surface area contributed by atoms with Gasteiger partial charge in [-0.1, -0.05) is 19.1 Å². The Kier molecular flexibility index (Phi) is 5.10. The third kappa shape index (κ3) is 4.60. The molecule has 0 radical (unpaired) electrons. The molecule has 0 aliphatic carbocycles. The summed E-state index contributed by atoms with van der Waals surface area (Å²) in [6, 6.07) is 6.47. The minimum atomic E-state index is -4.33. The molecule has 8 heteroatoms. The normalized spacial score (nSPS) is 11.7. The van der Waals surface area contributed by atoms with Crippen molar-refractivity contribution >= 4 is 24.6 Å². The quantitative estimate of drug-likeness (QED) is 0.651. The van der Waals surface area contributed by atoms with Crippen molar-refractivity contribution in [2.45, 2.75) is 30.4 Å². The Morgan fingerprint density at radius 1 is 1.33 bits per heavy atom. The molecule has 0 N–H and O–H groups in total. The molecular weight excluding hydrogens is 321 g/mol. The van der Waals surface area contributed by atoms with E-state index in [4.69, 9.17) is 4.74 Å². The van der Waals surface area contributed by atoms with Crippen molar-refractivity contribution in [3.05, 3.63) is 41.6 Å². The first-order valence-corrected chi connectivity index (χ1v) is 7.35. The molecule has 0 unspecified atom stereocenters. The number of aryl methyl sites for hydroxylation is 1. The van der Waals surface area contributed by atoms with Crippen molar-refractivity contribution in [2.24, 2.45) is 0 Å². The predicted octanol–water partition coefficient (Wildman–Crippen LogP) is 4.33. The largest absolute Gasteiger partial charge is 0.472 e. The number of aromatic nitrogens is 2. The minimum Gasteiger partial charge on any atom is -0.472 e. The number of hydrogen-bond donors (Lipinski definition) is 1. The minimum absolute atomic E-state index is 0.0349. The fourth-order valence-corrected chi connectivity index (χ4v) is 2.71. The molecule has 0 spiro atoms. The number of nitrogens with zero attached hydrogens (tertiary/aromatic N) is 2. The molecule has 0 fully saturated rings. The van der Waals surface area contributed by atoms with Gasteiger partial charge in [-0.15, -0.1) is 5.10 Å². The maximum Gasteiger partial charge on any atom is 0.446 e. The average Bonchev–Trinajstić information content (AvgIpc) is 2.81. The molecule has 3 nitrogen and oxygen atoms in total. The lowest BCUT2D eigenvalue weighted by Crippen LogP contribution is -2.06.